The Labute approximate surface area is 147 Å². The van der Waals surface area contributed by atoms with Crippen LogP contribution in [0.25, 0.3) is 16.6 Å². The molecule has 0 spiro atoms. The normalized spacial score (nSPS) is 19.4. The third-order valence-electron chi connectivity index (χ3n) is 4.95. The number of hydrogen-bond donors (Lipinski definition) is 1. The Balaban J connectivity index is 1.63. The number of aromatic nitrogens is 2. The van der Waals surface area contributed by atoms with Crippen LogP contribution in [-0.4, -0.2) is 28.6 Å². The molecule has 2 unspecified atom stereocenters. The van der Waals surface area contributed by atoms with Crippen LogP contribution in [0, 0.1) is 5.92 Å². The van der Waals surface area contributed by atoms with Gasteiger partial charge in [0.15, 0.2) is 0 Å². The summed E-state index contributed by atoms with van der Waals surface area (Å²) in [7, 11) is 0. The van der Waals surface area contributed by atoms with Gasteiger partial charge >= 0.3 is 0 Å². The quantitative estimate of drug-likeness (QED) is 0.769. The van der Waals surface area contributed by atoms with Crippen LogP contribution in [0.3, 0.4) is 0 Å². The van der Waals surface area contributed by atoms with Crippen molar-refractivity contribution >= 4 is 16.6 Å². The molecule has 25 heavy (non-hydrogen) atoms. The van der Waals surface area contributed by atoms with E-state index in [4.69, 9.17) is 14.6 Å². The monoisotopic (exact) mass is 339 g/mol. The minimum Gasteiger partial charge on any atom is -0.473 e. The van der Waals surface area contributed by atoms with Crippen LogP contribution in [0.15, 0.2) is 36.5 Å². The number of rotatable bonds is 5. The lowest BCUT2D eigenvalue weighted by atomic mass is 9.99. The van der Waals surface area contributed by atoms with Crippen LogP contribution in [0.2, 0.25) is 0 Å². The molecule has 1 saturated heterocycles. The predicted octanol–water partition coefficient (Wildman–Crippen LogP) is 3.75. The fourth-order valence-electron chi connectivity index (χ4n) is 3.59. The minimum absolute atomic E-state index is 0.102. The molecule has 0 radical (unpaired) electrons. The minimum atomic E-state index is 0.102. The van der Waals surface area contributed by atoms with Crippen LogP contribution in [0.1, 0.15) is 32.3 Å². The predicted molar refractivity (Wildman–Crippen MR) is 98.8 cm³/mol. The Hall–Kier alpha value is -2.11. The molecule has 0 amide bonds. The van der Waals surface area contributed by atoms with Gasteiger partial charge in [-0.05, 0) is 61.9 Å². The zero-order valence-corrected chi connectivity index (χ0v) is 14.9. The number of hydroxylamine groups is 1. The number of hydrogen-bond acceptors (Lipinski definition) is 4. The second-order valence-corrected chi connectivity index (χ2v) is 6.88. The molecule has 1 aromatic carbocycles. The van der Waals surface area contributed by atoms with Crippen molar-refractivity contribution in [3.8, 4) is 5.88 Å². The fraction of sp³-hybridized carbons (Fsp3) is 0.450. The average molecular weight is 339 g/mol. The summed E-state index contributed by atoms with van der Waals surface area (Å²) < 4.78 is 8.43. The van der Waals surface area contributed by atoms with Gasteiger partial charge in [-0.3, -0.25) is 0 Å². The Morgan fingerprint density at radius 1 is 1.36 bits per heavy atom. The van der Waals surface area contributed by atoms with Crippen LogP contribution in [-0.2, 0) is 11.3 Å². The second kappa shape index (κ2) is 7.02. The van der Waals surface area contributed by atoms with E-state index in [9.17, 15) is 0 Å². The van der Waals surface area contributed by atoms with Crippen molar-refractivity contribution in [2.75, 3.05) is 13.2 Å². The summed E-state index contributed by atoms with van der Waals surface area (Å²) in [4.78, 5) is 10.2. The second-order valence-electron chi connectivity index (χ2n) is 6.88. The zero-order chi connectivity index (χ0) is 17.2. The van der Waals surface area contributed by atoms with Crippen LogP contribution >= 0.6 is 0 Å². The maximum absolute atomic E-state index is 6.26. The van der Waals surface area contributed by atoms with Crippen molar-refractivity contribution in [3.05, 3.63) is 42.1 Å². The lowest BCUT2D eigenvalue weighted by molar-refractivity contribution is -0.0283. The summed E-state index contributed by atoms with van der Waals surface area (Å²) in [6.07, 6.45) is 5.28. The number of ether oxygens (including phenoxy) is 1. The van der Waals surface area contributed by atoms with E-state index in [1.165, 1.54) is 5.56 Å². The van der Waals surface area contributed by atoms with E-state index < -0.39 is 0 Å². The number of nitrogens with one attached hydrogen (secondary N) is 1. The zero-order valence-electron chi connectivity index (χ0n) is 14.9. The molecule has 5 nitrogen and oxygen atoms in total. The van der Waals surface area contributed by atoms with Gasteiger partial charge in [-0.15, -0.1) is 0 Å². The van der Waals surface area contributed by atoms with E-state index in [-0.39, 0.29) is 6.10 Å². The molecule has 132 valence electrons. The first kappa shape index (κ1) is 16.4. The van der Waals surface area contributed by atoms with Crippen molar-refractivity contribution in [2.24, 2.45) is 5.92 Å². The van der Waals surface area contributed by atoms with E-state index in [0.29, 0.717) is 11.8 Å². The molecule has 3 heterocycles. The SMILES string of the molecule is CCc1ccc2c(c1)nc(OC(C)CC1CCNOC1)c1cccn12. The highest BCUT2D eigenvalue weighted by Gasteiger charge is 2.19. The summed E-state index contributed by atoms with van der Waals surface area (Å²) >= 11 is 0. The van der Waals surface area contributed by atoms with Crippen LogP contribution in [0.5, 0.6) is 5.88 Å². The molecule has 5 heteroatoms. The van der Waals surface area contributed by atoms with Gasteiger partial charge in [0.1, 0.15) is 5.52 Å². The molecule has 3 aromatic rings. The Bertz CT molecular complexity index is 868. The molecular weight excluding hydrogens is 314 g/mol. The summed E-state index contributed by atoms with van der Waals surface area (Å²) in [5, 5.41) is 0. The van der Waals surface area contributed by atoms with Gasteiger partial charge in [0.2, 0.25) is 5.88 Å². The van der Waals surface area contributed by atoms with E-state index in [1.54, 1.807) is 0 Å². The molecule has 0 bridgehead atoms. The van der Waals surface area contributed by atoms with Crippen molar-refractivity contribution < 1.29 is 9.57 Å². The van der Waals surface area contributed by atoms with Gasteiger partial charge in [0, 0.05) is 12.7 Å². The molecule has 1 aliphatic rings. The number of aryl methyl sites for hydroxylation is 1. The van der Waals surface area contributed by atoms with Crippen molar-refractivity contribution in [1.29, 1.82) is 0 Å². The third kappa shape index (κ3) is 3.34. The Morgan fingerprint density at radius 2 is 2.28 bits per heavy atom. The van der Waals surface area contributed by atoms with Gasteiger partial charge in [-0.25, -0.2) is 10.5 Å². The first-order valence-electron chi connectivity index (χ1n) is 9.15. The highest BCUT2D eigenvalue weighted by atomic mass is 16.6. The van der Waals surface area contributed by atoms with Gasteiger partial charge in [-0.1, -0.05) is 13.0 Å². The molecule has 2 atom stereocenters. The number of nitrogens with zero attached hydrogens (tertiary/aromatic N) is 2. The highest BCUT2D eigenvalue weighted by molar-refractivity contribution is 5.81. The maximum atomic E-state index is 6.26. The molecule has 0 aliphatic carbocycles. The summed E-state index contributed by atoms with van der Waals surface area (Å²) in [6.45, 7) is 5.94. The van der Waals surface area contributed by atoms with E-state index >= 15 is 0 Å². The molecule has 1 aliphatic heterocycles. The molecule has 0 saturated carbocycles. The summed E-state index contributed by atoms with van der Waals surface area (Å²) in [5.41, 5.74) is 7.34. The molecule has 4 rings (SSSR count). The van der Waals surface area contributed by atoms with E-state index in [0.717, 1.165) is 49.0 Å². The molecule has 1 N–H and O–H groups in total. The van der Waals surface area contributed by atoms with E-state index in [1.807, 2.05) is 6.07 Å². The van der Waals surface area contributed by atoms with Crippen molar-refractivity contribution in [1.82, 2.24) is 14.9 Å². The van der Waals surface area contributed by atoms with Gasteiger partial charge in [0.05, 0.1) is 23.7 Å². The molecule has 1 fully saturated rings. The standard InChI is InChI=1S/C20H25N3O2/c1-3-15-6-7-18-17(12-15)22-20(19-5-4-10-23(18)19)25-14(2)11-16-8-9-21-24-13-16/h4-7,10,12,14,16,21H,3,8-9,11,13H2,1-2H3. The first-order chi connectivity index (χ1) is 12.2. The Morgan fingerprint density at radius 3 is 3.08 bits per heavy atom. The lowest BCUT2D eigenvalue weighted by Crippen LogP contribution is -2.32. The molecule has 2 aromatic heterocycles. The molecular formula is C20H25N3O2. The van der Waals surface area contributed by atoms with Crippen LogP contribution < -0.4 is 10.2 Å². The highest BCUT2D eigenvalue weighted by Crippen LogP contribution is 2.27. The maximum Gasteiger partial charge on any atom is 0.239 e. The van der Waals surface area contributed by atoms with Gasteiger partial charge < -0.3 is 14.0 Å². The smallest absolute Gasteiger partial charge is 0.239 e. The number of fused-ring (bicyclic) bond motifs is 3. The van der Waals surface area contributed by atoms with Crippen LogP contribution in [0.4, 0.5) is 0 Å². The average Bonchev–Trinajstić information content (AvgIpc) is 3.12. The van der Waals surface area contributed by atoms with Crippen molar-refractivity contribution in [2.45, 2.75) is 39.2 Å². The van der Waals surface area contributed by atoms with Gasteiger partial charge in [-0.2, -0.15) is 0 Å². The third-order valence-corrected chi connectivity index (χ3v) is 4.95. The van der Waals surface area contributed by atoms with Gasteiger partial charge in [0.25, 0.3) is 0 Å². The summed E-state index contributed by atoms with van der Waals surface area (Å²) in [6, 6.07) is 10.6. The largest absolute Gasteiger partial charge is 0.473 e. The topological polar surface area (TPSA) is 47.8 Å². The first-order valence-corrected chi connectivity index (χ1v) is 9.15. The van der Waals surface area contributed by atoms with Crippen molar-refractivity contribution in [3.63, 3.8) is 0 Å². The summed E-state index contributed by atoms with van der Waals surface area (Å²) in [5.74, 6) is 1.25. The lowest BCUT2D eigenvalue weighted by Gasteiger charge is -2.25. The number of benzene rings is 1. The fourth-order valence-corrected chi connectivity index (χ4v) is 3.59. The van der Waals surface area contributed by atoms with E-state index in [2.05, 4.69) is 54.2 Å². The Kier molecular flexibility index (Phi) is 4.59.